The van der Waals surface area contributed by atoms with Gasteiger partial charge in [0.1, 0.15) is 0 Å². The Morgan fingerprint density at radius 1 is 1.62 bits per heavy atom. The molecule has 0 amide bonds. The van der Waals surface area contributed by atoms with E-state index >= 15 is 0 Å². The molecule has 0 spiro atoms. The zero-order valence-corrected chi connectivity index (χ0v) is 11.6. The molecule has 1 aromatic heterocycles. The van der Waals surface area contributed by atoms with Crippen LogP contribution in [0.2, 0.25) is 0 Å². The summed E-state index contributed by atoms with van der Waals surface area (Å²) >= 11 is 4.94. The van der Waals surface area contributed by atoms with Gasteiger partial charge in [-0.1, -0.05) is 15.9 Å². The van der Waals surface area contributed by atoms with Crippen LogP contribution in [0.1, 0.15) is 23.2 Å². The molecule has 0 bridgehead atoms. The fraction of sp³-hybridized carbons (Fsp3) is 0.333. The summed E-state index contributed by atoms with van der Waals surface area (Å²) in [5.41, 5.74) is 0.670. The quantitative estimate of drug-likeness (QED) is 0.618. The fourth-order valence-electron chi connectivity index (χ4n) is 1.17. The summed E-state index contributed by atoms with van der Waals surface area (Å²) in [4.78, 5) is 14.3. The summed E-state index contributed by atoms with van der Waals surface area (Å²) in [6.07, 6.45) is -1.83. The van der Waals surface area contributed by atoms with Crippen LogP contribution in [0.15, 0.2) is 6.20 Å². The van der Waals surface area contributed by atoms with Crippen LogP contribution in [0.4, 0.5) is 8.78 Å². The standard InChI is InChI=1S/C9H7BrF2INO2/c10-2-4-6(1-7(15)16)14-3-5(8(4)13)9(11)12/h3,9H,1-2H2,(H,15,16). The van der Waals surface area contributed by atoms with Crippen LogP contribution in [0.25, 0.3) is 0 Å². The molecule has 3 nitrogen and oxygen atoms in total. The van der Waals surface area contributed by atoms with Crippen LogP contribution in [0.3, 0.4) is 0 Å². The molecule has 0 fully saturated rings. The van der Waals surface area contributed by atoms with Crippen LogP contribution in [-0.4, -0.2) is 16.1 Å². The zero-order valence-electron chi connectivity index (χ0n) is 7.88. The van der Waals surface area contributed by atoms with Gasteiger partial charge in [0, 0.05) is 20.7 Å². The van der Waals surface area contributed by atoms with E-state index in [4.69, 9.17) is 5.11 Å². The maximum Gasteiger partial charge on any atom is 0.309 e. The molecule has 1 heterocycles. The molecule has 1 N–H and O–H groups in total. The molecule has 0 unspecified atom stereocenters. The number of aromatic nitrogens is 1. The van der Waals surface area contributed by atoms with Crippen molar-refractivity contribution in [2.45, 2.75) is 18.2 Å². The SMILES string of the molecule is O=C(O)Cc1ncc(C(F)F)c(I)c1CBr. The maximum atomic E-state index is 12.6. The van der Waals surface area contributed by atoms with Gasteiger partial charge >= 0.3 is 5.97 Å². The highest BCUT2D eigenvalue weighted by Crippen LogP contribution is 2.29. The van der Waals surface area contributed by atoms with Gasteiger partial charge in [-0.2, -0.15) is 0 Å². The van der Waals surface area contributed by atoms with Crippen LogP contribution < -0.4 is 0 Å². The van der Waals surface area contributed by atoms with E-state index in [-0.39, 0.29) is 12.0 Å². The van der Waals surface area contributed by atoms with E-state index in [1.54, 1.807) is 22.6 Å². The first-order valence-electron chi connectivity index (χ1n) is 4.19. The van der Waals surface area contributed by atoms with Crippen molar-refractivity contribution in [3.63, 3.8) is 0 Å². The second-order valence-electron chi connectivity index (χ2n) is 2.96. The number of rotatable bonds is 4. The van der Waals surface area contributed by atoms with Crippen LogP contribution >= 0.6 is 38.5 Å². The minimum Gasteiger partial charge on any atom is -0.481 e. The van der Waals surface area contributed by atoms with Gasteiger partial charge in [0.15, 0.2) is 0 Å². The molecule has 1 rings (SSSR count). The second kappa shape index (κ2) is 5.85. The van der Waals surface area contributed by atoms with Gasteiger partial charge in [-0.3, -0.25) is 9.78 Å². The van der Waals surface area contributed by atoms with E-state index in [1.807, 2.05) is 0 Å². The number of hydrogen-bond acceptors (Lipinski definition) is 2. The molecule has 0 radical (unpaired) electrons. The van der Waals surface area contributed by atoms with Crippen LogP contribution in [-0.2, 0) is 16.5 Å². The second-order valence-corrected chi connectivity index (χ2v) is 4.60. The van der Waals surface area contributed by atoms with Crippen LogP contribution in [0, 0.1) is 3.57 Å². The highest BCUT2D eigenvalue weighted by atomic mass is 127. The first-order chi connectivity index (χ1) is 7.47. The minimum atomic E-state index is -2.60. The molecule has 0 saturated heterocycles. The van der Waals surface area contributed by atoms with Gasteiger partial charge < -0.3 is 5.11 Å². The molecular weight excluding hydrogens is 399 g/mol. The Kier molecular flexibility index (Phi) is 5.03. The van der Waals surface area contributed by atoms with E-state index in [1.165, 1.54) is 0 Å². The number of halogens is 4. The number of carboxylic acid groups (broad SMARTS) is 1. The average molecular weight is 406 g/mol. The number of hydrogen-bond donors (Lipinski definition) is 1. The molecule has 0 saturated carbocycles. The minimum absolute atomic E-state index is 0.163. The third-order valence-electron chi connectivity index (χ3n) is 1.91. The Labute approximate surface area is 113 Å². The molecule has 1 aromatic rings. The highest BCUT2D eigenvalue weighted by Gasteiger charge is 2.19. The molecule has 0 aliphatic rings. The number of aliphatic carboxylic acids is 1. The highest BCUT2D eigenvalue weighted by molar-refractivity contribution is 14.1. The summed E-state index contributed by atoms with van der Waals surface area (Å²) in [5.74, 6) is -1.03. The summed E-state index contributed by atoms with van der Waals surface area (Å²) in [7, 11) is 0. The lowest BCUT2D eigenvalue weighted by Crippen LogP contribution is -2.08. The number of carboxylic acids is 1. The molecule has 7 heteroatoms. The first kappa shape index (κ1) is 13.8. The van der Waals surface area contributed by atoms with E-state index < -0.39 is 12.4 Å². The van der Waals surface area contributed by atoms with Crippen molar-refractivity contribution in [1.29, 1.82) is 0 Å². The fourth-order valence-corrected chi connectivity index (χ4v) is 3.17. The molecule has 0 aliphatic heterocycles. The van der Waals surface area contributed by atoms with Gasteiger partial charge in [0.25, 0.3) is 6.43 Å². The van der Waals surface area contributed by atoms with Crippen molar-refractivity contribution in [2.24, 2.45) is 0 Å². The van der Waals surface area contributed by atoms with Crippen molar-refractivity contribution in [3.8, 4) is 0 Å². The van der Waals surface area contributed by atoms with Crippen molar-refractivity contribution in [2.75, 3.05) is 0 Å². The van der Waals surface area contributed by atoms with E-state index in [9.17, 15) is 13.6 Å². The Bertz CT molecular complexity index is 415. The predicted molar refractivity (Wildman–Crippen MR) is 65.9 cm³/mol. The number of carbonyl (C=O) groups is 1. The largest absolute Gasteiger partial charge is 0.481 e. The molecule has 88 valence electrons. The predicted octanol–water partition coefficient (Wildman–Crippen LogP) is 3.15. The average Bonchev–Trinajstić information content (AvgIpc) is 2.16. The van der Waals surface area contributed by atoms with Crippen molar-refractivity contribution < 1.29 is 18.7 Å². The van der Waals surface area contributed by atoms with Crippen molar-refractivity contribution in [1.82, 2.24) is 4.98 Å². The lowest BCUT2D eigenvalue weighted by molar-refractivity contribution is -0.136. The van der Waals surface area contributed by atoms with Gasteiger partial charge in [-0.15, -0.1) is 0 Å². The summed E-state index contributed by atoms with van der Waals surface area (Å²) in [6, 6.07) is 0. The maximum absolute atomic E-state index is 12.6. The third kappa shape index (κ3) is 3.09. The first-order valence-corrected chi connectivity index (χ1v) is 6.39. The summed E-state index contributed by atoms with van der Waals surface area (Å²) in [6.45, 7) is 0. The van der Waals surface area contributed by atoms with Crippen molar-refractivity contribution in [3.05, 3.63) is 26.6 Å². The Balaban J connectivity index is 3.23. The molecule has 0 aromatic carbocycles. The Hall–Kier alpha value is -0.310. The smallest absolute Gasteiger partial charge is 0.309 e. The summed E-state index contributed by atoms with van der Waals surface area (Å²) in [5, 5.41) is 8.96. The number of alkyl halides is 3. The topological polar surface area (TPSA) is 50.2 Å². The lowest BCUT2D eigenvalue weighted by atomic mass is 10.1. The Morgan fingerprint density at radius 2 is 2.25 bits per heavy atom. The van der Waals surface area contributed by atoms with E-state index in [2.05, 4.69) is 20.9 Å². The number of pyridine rings is 1. The third-order valence-corrected chi connectivity index (χ3v) is 3.75. The van der Waals surface area contributed by atoms with Gasteiger partial charge in [0.05, 0.1) is 12.1 Å². The van der Waals surface area contributed by atoms with E-state index in [0.717, 1.165) is 6.20 Å². The lowest BCUT2D eigenvalue weighted by Gasteiger charge is -2.10. The molecular formula is C9H7BrF2INO2. The normalized spacial score (nSPS) is 10.8. The van der Waals surface area contributed by atoms with Crippen LogP contribution in [0.5, 0.6) is 0 Å². The van der Waals surface area contributed by atoms with Crippen molar-refractivity contribution >= 4 is 44.5 Å². The van der Waals surface area contributed by atoms with Gasteiger partial charge in [-0.05, 0) is 28.2 Å². The monoisotopic (exact) mass is 405 g/mol. The van der Waals surface area contributed by atoms with Gasteiger partial charge in [-0.25, -0.2) is 8.78 Å². The van der Waals surface area contributed by atoms with Gasteiger partial charge in [0.2, 0.25) is 0 Å². The number of nitrogens with zero attached hydrogens (tertiary/aromatic N) is 1. The van der Waals surface area contributed by atoms with E-state index in [0.29, 0.717) is 20.2 Å². The zero-order chi connectivity index (χ0) is 12.3. The summed E-state index contributed by atoms with van der Waals surface area (Å²) < 4.78 is 25.5. The molecule has 16 heavy (non-hydrogen) atoms. The molecule has 0 atom stereocenters. The molecule has 0 aliphatic carbocycles. The Morgan fingerprint density at radius 3 is 2.69 bits per heavy atom.